The molecule has 210 valence electrons. The molecule has 3 rings (SSSR count). The Hall–Kier alpha value is -3.51. The van der Waals surface area contributed by atoms with Gasteiger partial charge in [-0.1, -0.05) is 18.2 Å². The van der Waals surface area contributed by atoms with E-state index in [0.29, 0.717) is 29.0 Å². The van der Waals surface area contributed by atoms with E-state index < -0.39 is 39.5 Å². The highest BCUT2D eigenvalue weighted by atomic mass is 32.2. The van der Waals surface area contributed by atoms with E-state index in [1.165, 1.54) is 18.2 Å². The summed E-state index contributed by atoms with van der Waals surface area (Å²) in [6, 6.07) is 11.2. The molecule has 0 saturated heterocycles. The van der Waals surface area contributed by atoms with E-state index >= 15 is 0 Å². The van der Waals surface area contributed by atoms with Crippen LogP contribution in [0.1, 0.15) is 47.7 Å². The minimum Gasteiger partial charge on any atom is -0.494 e. The molecule has 2 aromatic carbocycles. The van der Waals surface area contributed by atoms with Gasteiger partial charge in [-0.05, 0) is 67.8 Å². The monoisotopic (exact) mass is 567 g/mol. The third kappa shape index (κ3) is 8.24. The molecule has 39 heavy (non-hydrogen) atoms. The molecule has 1 heterocycles. The van der Waals surface area contributed by atoms with E-state index in [4.69, 9.17) is 4.74 Å². The number of aromatic nitrogens is 1. The molecular formula is C27H29F4N3O4S. The molecule has 2 N–H and O–H groups in total. The number of pyridine rings is 1. The van der Waals surface area contributed by atoms with Gasteiger partial charge in [0.1, 0.15) is 17.3 Å². The minimum atomic E-state index is -4.66. The fourth-order valence-electron chi connectivity index (χ4n) is 3.85. The fraction of sp³-hybridized carbons (Fsp3) is 0.333. The number of amides is 1. The normalized spacial score (nSPS) is 12.7. The number of ether oxygens (including phenoxy) is 1. The average molecular weight is 568 g/mol. The van der Waals surface area contributed by atoms with Gasteiger partial charge in [-0.2, -0.15) is 13.2 Å². The van der Waals surface area contributed by atoms with Crippen molar-refractivity contribution in [2.75, 3.05) is 12.9 Å². The standard InChI is InChI=1S/C27H29F4N3O4S/c1-5-38-22-11-16(2)10-21(12-22)25-20(8-9-24(34-25)27(29,30)31)14-32-26(35)17(3)18-6-7-19(23(28)13-18)15-33-39(4,36)37/h6-13,17,33H,5,14-15H2,1-4H3,(H,32,35). The summed E-state index contributed by atoms with van der Waals surface area (Å²) in [6.45, 7) is 5.14. The number of alkyl halides is 3. The Morgan fingerprint density at radius 2 is 1.74 bits per heavy atom. The Labute approximate surface area is 224 Å². The number of carbonyl (C=O) groups is 1. The Kier molecular flexibility index (Phi) is 9.34. The van der Waals surface area contributed by atoms with E-state index in [2.05, 4.69) is 15.0 Å². The number of nitrogens with zero attached hydrogens (tertiary/aromatic N) is 1. The molecule has 12 heteroatoms. The van der Waals surface area contributed by atoms with Crippen molar-refractivity contribution in [1.29, 1.82) is 0 Å². The largest absolute Gasteiger partial charge is 0.494 e. The maximum Gasteiger partial charge on any atom is 0.433 e. The number of carbonyl (C=O) groups excluding carboxylic acids is 1. The van der Waals surface area contributed by atoms with E-state index in [1.54, 1.807) is 39.0 Å². The second kappa shape index (κ2) is 12.1. The molecule has 0 aliphatic carbocycles. The van der Waals surface area contributed by atoms with Crippen LogP contribution in [0.15, 0.2) is 48.5 Å². The van der Waals surface area contributed by atoms with Crippen molar-refractivity contribution in [1.82, 2.24) is 15.0 Å². The lowest BCUT2D eigenvalue weighted by Crippen LogP contribution is -2.28. The number of benzene rings is 2. The van der Waals surface area contributed by atoms with Gasteiger partial charge >= 0.3 is 6.18 Å². The molecule has 1 amide bonds. The number of hydrogen-bond acceptors (Lipinski definition) is 5. The van der Waals surface area contributed by atoms with Gasteiger partial charge in [0.05, 0.1) is 24.5 Å². The van der Waals surface area contributed by atoms with E-state index in [-0.39, 0.29) is 24.3 Å². The van der Waals surface area contributed by atoms with E-state index in [1.807, 2.05) is 0 Å². The molecular weight excluding hydrogens is 538 g/mol. The van der Waals surface area contributed by atoms with Gasteiger partial charge in [-0.3, -0.25) is 4.79 Å². The van der Waals surface area contributed by atoms with Crippen LogP contribution < -0.4 is 14.8 Å². The van der Waals surface area contributed by atoms with Crippen LogP contribution >= 0.6 is 0 Å². The Balaban J connectivity index is 1.84. The van der Waals surface area contributed by atoms with E-state index in [9.17, 15) is 30.8 Å². The van der Waals surface area contributed by atoms with E-state index in [0.717, 1.165) is 24.0 Å². The average Bonchev–Trinajstić information content (AvgIpc) is 2.84. The Bertz CT molecular complexity index is 1460. The van der Waals surface area contributed by atoms with Gasteiger partial charge in [-0.15, -0.1) is 0 Å². The molecule has 0 saturated carbocycles. The third-order valence-corrected chi connectivity index (χ3v) is 6.52. The van der Waals surface area contributed by atoms with Crippen LogP contribution in [-0.2, 0) is 34.1 Å². The lowest BCUT2D eigenvalue weighted by atomic mass is 9.98. The van der Waals surface area contributed by atoms with Crippen molar-refractivity contribution >= 4 is 15.9 Å². The number of hydrogen-bond donors (Lipinski definition) is 2. The van der Waals surface area contributed by atoms with Crippen molar-refractivity contribution in [3.05, 3.63) is 82.3 Å². The topological polar surface area (TPSA) is 97.4 Å². The first kappa shape index (κ1) is 30.0. The zero-order valence-electron chi connectivity index (χ0n) is 21.8. The minimum absolute atomic E-state index is 0.0520. The van der Waals surface area contributed by atoms with Crippen molar-refractivity contribution < 1.29 is 35.5 Å². The van der Waals surface area contributed by atoms with Crippen molar-refractivity contribution in [3.8, 4) is 17.0 Å². The summed E-state index contributed by atoms with van der Waals surface area (Å²) in [5.41, 5.74) is 0.960. The number of rotatable bonds is 10. The first-order valence-corrected chi connectivity index (χ1v) is 13.9. The van der Waals surface area contributed by atoms with Crippen LogP contribution in [0.2, 0.25) is 0 Å². The molecule has 0 fully saturated rings. The predicted octanol–water partition coefficient (Wildman–Crippen LogP) is 5.08. The van der Waals surface area contributed by atoms with Crippen LogP contribution in [0.3, 0.4) is 0 Å². The quantitative estimate of drug-likeness (QED) is 0.333. The highest BCUT2D eigenvalue weighted by Gasteiger charge is 2.33. The van der Waals surface area contributed by atoms with Gasteiger partial charge in [0.25, 0.3) is 0 Å². The van der Waals surface area contributed by atoms with Crippen LogP contribution in [0, 0.1) is 12.7 Å². The highest BCUT2D eigenvalue weighted by molar-refractivity contribution is 7.88. The van der Waals surface area contributed by atoms with Gasteiger partial charge in [0.15, 0.2) is 0 Å². The summed E-state index contributed by atoms with van der Waals surface area (Å²) < 4.78 is 85.1. The third-order valence-electron chi connectivity index (χ3n) is 5.85. The smallest absolute Gasteiger partial charge is 0.433 e. The van der Waals surface area contributed by atoms with Gasteiger partial charge in [0.2, 0.25) is 15.9 Å². The highest BCUT2D eigenvalue weighted by Crippen LogP contribution is 2.33. The molecule has 0 aliphatic heterocycles. The zero-order valence-corrected chi connectivity index (χ0v) is 22.6. The van der Waals surface area contributed by atoms with Crippen LogP contribution in [0.25, 0.3) is 11.3 Å². The second-order valence-corrected chi connectivity index (χ2v) is 10.9. The fourth-order valence-corrected chi connectivity index (χ4v) is 4.26. The van der Waals surface area contributed by atoms with Crippen molar-refractivity contribution in [2.45, 2.75) is 46.0 Å². The first-order valence-electron chi connectivity index (χ1n) is 12.0. The first-order chi connectivity index (χ1) is 18.2. The zero-order chi connectivity index (χ0) is 29.0. The summed E-state index contributed by atoms with van der Waals surface area (Å²) in [6.07, 6.45) is -3.70. The summed E-state index contributed by atoms with van der Waals surface area (Å²) >= 11 is 0. The molecule has 0 radical (unpaired) electrons. The maximum atomic E-state index is 14.5. The number of aryl methyl sites for hydroxylation is 1. The predicted molar refractivity (Wildman–Crippen MR) is 139 cm³/mol. The summed E-state index contributed by atoms with van der Waals surface area (Å²) in [5, 5.41) is 2.69. The number of nitrogens with one attached hydrogen (secondary N) is 2. The van der Waals surface area contributed by atoms with Gasteiger partial charge < -0.3 is 10.1 Å². The summed E-state index contributed by atoms with van der Waals surface area (Å²) in [4.78, 5) is 16.8. The molecule has 7 nitrogen and oxygen atoms in total. The molecule has 0 bridgehead atoms. The SMILES string of the molecule is CCOc1cc(C)cc(-c2nc(C(F)(F)F)ccc2CNC(=O)C(C)c2ccc(CNS(C)(=O)=O)c(F)c2)c1. The van der Waals surface area contributed by atoms with Crippen LogP contribution in [-0.4, -0.2) is 32.2 Å². The Morgan fingerprint density at radius 3 is 2.36 bits per heavy atom. The number of halogens is 4. The molecule has 0 aliphatic rings. The molecule has 1 aromatic heterocycles. The lowest BCUT2D eigenvalue weighted by Gasteiger charge is -2.17. The second-order valence-electron chi connectivity index (χ2n) is 9.05. The van der Waals surface area contributed by atoms with Gasteiger partial charge in [0, 0.05) is 24.2 Å². The molecule has 1 unspecified atom stereocenters. The molecule has 1 atom stereocenters. The van der Waals surface area contributed by atoms with Crippen LogP contribution in [0.4, 0.5) is 17.6 Å². The Morgan fingerprint density at radius 1 is 1.05 bits per heavy atom. The summed E-state index contributed by atoms with van der Waals surface area (Å²) in [7, 11) is -3.51. The van der Waals surface area contributed by atoms with Crippen LogP contribution in [0.5, 0.6) is 5.75 Å². The lowest BCUT2D eigenvalue weighted by molar-refractivity contribution is -0.141. The number of sulfonamides is 1. The molecule has 0 spiro atoms. The maximum absolute atomic E-state index is 14.5. The summed E-state index contributed by atoms with van der Waals surface area (Å²) in [5.74, 6) is -1.48. The van der Waals surface area contributed by atoms with Crippen molar-refractivity contribution in [2.24, 2.45) is 0 Å². The molecule has 3 aromatic rings. The van der Waals surface area contributed by atoms with Crippen molar-refractivity contribution in [3.63, 3.8) is 0 Å². The van der Waals surface area contributed by atoms with Gasteiger partial charge in [-0.25, -0.2) is 22.5 Å².